The molecule has 0 fully saturated rings. The van der Waals surface area contributed by atoms with E-state index < -0.39 is 6.09 Å². The molecule has 98 valence electrons. The fourth-order valence-corrected chi connectivity index (χ4v) is 1.66. The van der Waals surface area contributed by atoms with Gasteiger partial charge in [-0.3, -0.25) is 5.32 Å². The molecule has 2 rings (SSSR count). The average molecular weight is 277 g/mol. The van der Waals surface area contributed by atoms with Crippen LogP contribution in [0.1, 0.15) is 11.1 Å². The van der Waals surface area contributed by atoms with Gasteiger partial charge in [0.1, 0.15) is 12.4 Å². The Bertz CT molecular complexity index is 546. The van der Waals surface area contributed by atoms with E-state index in [1.807, 2.05) is 30.3 Å². The van der Waals surface area contributed by atoms with E-state index in [0.717, 1.165) is 11.1 Å². The molecular weight excluding hydrogens is 264 g/mol. The third-order valence-corrected chi connectivity index (χ3v) is 2.73. The molecule has 2 aromatic rings. The molecule has 0 spiro atoms. The second-order valence-electron chi connectivity index (χ2n) is 3.87. The van der Waals surface area contributed by atoms with Crippen molar-refractivity contribution in [2.24, 2.45) is 0 Å². The summed E-state index contributed by atoms with van der Waals surface area (Å²) in [5, 5.41) is 2.56. The maximum atomic E-state index is 11.6. The minimum atomic E-state index is -0.539. The molecule has 0 unspecified atom stereocenters. The van der Waals surface area contributed by atoms with Crippen LogP contribution in [0.15, 0.2) is 48.7 Å². The smallest absolute Gasteiger partial charge is 0.413 e. The van der Waals surface area contributed by atoms with Crippen molar-refractivity contribution in [1.29, 1.82) is 0 Å². The molecule has 4 nitrogen and oxygen atoms in total. The Kier molecular flexibility index (Phi) is 4.75. The number of benzene rings is 1. The number of carbonyl (C=O) groups excluding carboxylic acids is 1. The van der Waals surface area contributed by atoms with Gasteiger partial charge in [-0.25, -0.2) is 9.78 Å². The lowest BCUT2D eigenvalue weighted by molar-refractivity contribution is 0.155. The van der Waals surface area contributed by atoms with Gasteiger partial charge in [0.05, 0.1) is 0 Å². The molecule has 1 aromatic heterocycles. The van der Waals surface area contributed by atoms with Gasteiger partial charge in [0.25, 0.3) is 0 Å². The zero-order valence-electron chi connectivity index (χ0n) is 10.2. The number of alkyl halides is 1. The minimum absolute atomic E-state index is 0.224. The number of rotatable bonds is 4. The fourth-order valence-electron chi connectivity index (χ4n) is 1.49. The highest BCUT2D eigenvalue weighted by Crippen LogP contribution is 2.09. The molecule has 0 bridgehead atoms. The normalized spacial score (nSPS) is 9.95. The van der Waals surface area contributed by atoms with Crippen LogP contribution in [-0.2, 0) is 17.2 Å². The maximum absolute atomic E-state index is 11.6. The van der Waals surface area contributed by atoms with Crippen LogP contribution < -0.4 is 5.32 Å². The predicted molar refractivity (Wildman–Crippen MR) is 74.0 cm³/mol. The number of nitrogens with one attached hydrogen (secondary N) is 1. The molecule has 0 atom stereocenters. The summed E-state index contributed by atoms with van der Waals surface area (Å²) in [6, 6.07) is 13.0. The molecular formula is C14H13ClN2O2. The first-order valence-corrected chi connectivity index (χ1v) is 6.30. The maximum Gasteiger partial charge on any atom is 0.413 e. The van der Waals surface area contributed by atoms with E-state index in [1.165, 1.54) is 0 Å². The molecule has 1 aromatic carbocycles. The Morgan fingerprint density at radius 1 is 1.21 bits per heavy atom. The number of anilines is 1. The van der Waals surface area contributed by atoms with E-state index in [0.29, 0.717) is 11.7 Å². The van der Waals surface area contributed by atoms with Crippen LogP contribution in [0, 0.1) is 0 Å². The van der Waals surface area contributed by atoms with Crippen molar-refractivity contribution in [1.82, 2.24) is 4.98 Å². The zero-order chi connectivity index (χ0) is 13.5. The Morgan fingerprint density at radius 3 is 2.74 bits per heavy atom. The van der Waals surface area contributed by atoms with Gasteiger partial charge in [-0.15, -0.1) is 11.6 Å². The predicted octanol–water partition coefficient (Wildman–Crippen LogP) is 3.57. The summed E-state index contributed by atoms with van der Waals surface area (Å²) < 4.78 is 5.08. The van der Waals surface area contributed by atoms with Crippen LogP contribution >= 0.6 is 11.6 Å². The van der Waals surface area contributed by atoms with Crippen molar-refractivity contribution in [3.63, 3.8) is 0 Å². The molecule has 0 saturated heterocycles. The Hall–Kier alpha value is -2.07. The van der Waals surface area contributed by atoms with Gasteiger partial charge in [0, 0.05) is 12.1 Å². The van der Waals surface area contributed by atoms with Crippen molar-refractivity contribution in [3.05, 3.63) is 59.8 Å². The number of ether oxygens (including phenoxy) is 1. The number of aromatic nitrogens is 1. The van der Waals surface area contributed by atoms with E-state index in [4.69, 9.17) is 16.3 Å². The molecule has 0 aliphatic rings. The van der Waals surface area contributed by atoms with Gasteiger partial charge in [0.15, 0.2) is 0 Å². The topological polar surface area (TPSA) is 51.2 Å². The molecule has 0 aliphatic carbocycles. The molecule has 1 heterocycles. The average Bonchev–Trinajstić information content (AvgIpc) is 2.46. The molecule has 0 radical (unpaired) electrons. The van der Waals surface area contributed by atoms with E-state index in [1.54, 1.807) is 18.3 Å². The number of amides is 1. The second-order valence-corrected chi connectivity index (χ2v) is 4.14. The number of hydrogen-bond acceptors (Lipinski definition) is 3. The van der Waals surface area contributed by atoms with Crippen LogP contribution in [0.2, 0.25) is 0 Å². The van der Waals surface area contributed by atoms with Crippen molar-refractivity contribution >= 4 is 23.5 Å². The van der Waals surface area contributed by atoms with Crippen LogP contribution in [0.4, 0.5) is 10.6 Å². The lowest BCUT2D eigenvalue weighted by atomic mass is 10.2. The van der Waals surface area contributed by atoms with Crippen LogP contribution in [0.25, 0.3) is 0 Å². The van der Waals surface area contributed by atoms with E-state index >= 15 is 0 Å². The van der Waals surface area contributed by atoms with E-state index in [9.17, 15) is 4.79 Å². The van der Waals surface area contributed by atoms with Gasteiger partial charge in [-0.05, 0) is 23.3 Å². The van der Waals surface area contributed by atoms with Gasteiger partial charge in [0.2, 0.25) is 0 Å². The lowest BCUT2D eigenvalue weighted by Crippen LogP contribution is -2.14. The second kappa shape index (κ2) is 6.75. The molecule has 5 heteroatoms. The Labute approximate surface area is 116 Å². The summed E-state index contributed by atoms with van der Waals surface area (Å²) in [6.45, 7) is 0.224. The molecule has 19 heavy (non-hydrogen) atoms. The SMILES string of the molecule is O=C(Nc1cc(CCl)ccn1)OCc1ccccc1. The van der Waals surface area contributed by atoms with Crippen LogP contribution in [-0.4, -0.2) is 11.1 Å². The van der Waals surface area contributed by atoms with Gasteiger partial charge >= 0.3 is 6.09 Å². The van der Waals surface area contributed by atoms with Crippen molar-refractivity contribution < 1.29 is 9.53 Å². The van der Waals surface area contributed by atoms with Crippen molar-refractivity contribution in [3.8, 4) is 0 Å². The first-order valence-electron chi connectivity index (χ1n) is 5.76. The number of halogens is 1. The van der Waals surface area contributed by atoms with Crippen LogP contribution in [0.3, 0.4) is 0 Å². The molecule has 1 amide bonds. The number of hydrogen-bond donors (Lipinski definition) is 1. The third-order valence-electron chi connectivity index (χ3n) is 2.42. The summed E-state index contributed by atoms with van der Waals surface area (Å²) >= 11 is 5.70. The van der Waals surface area contributed by atoms with Gasteiger partial charge in [-0.2, -0.15) is 0 Å². The van der Waals surface area contributed by atoms with E-state index in [-0.39, 0.29) is 6.61 Å². The largest absolute Gasteiger partial charge is 0.444 e. The highest BCUT2D eigenvalue weighted by Gasteiger charge is 2.05. The summed E-state index contributed by atoms with van der Waals surface area (Å²) in [4.78, 5) is 15.6. The third kappa shape index (κ3) is 4.26. The highest BCUT2D eigenvalue weighted by molar-refractivity contribution is 6.17. The van der Waals surface area contributed by atoms with E-state index in [2.05, 4.69) is 10.3 Å². The van der Waals surface area contributed by atoms with Crippen LogP contribution in [0.5, 0.6) is 0 Å². The lowest BCUT2D eigenvalue weighted by Gasteiger charge is -2.07. The van der Waals surface area contributed by atoms with Gasteiger partial charge in [-0.1, -0.05) is 30.3 Å². The fraction of sp³-hybridized carbons (Fsp3) is 0.143. The molecule has 0 aliphatic heterocycles. The standard InChI is InChI=1S/C14H13ClN2O2/c15-9-12-6-7-16-13(8-12)17-14(18)19-10-11-4-2-1-3-5-11/h1-8H,9-10H2,(H,16,17,18). The number of nitrogens with zero attached hydrogens (tertiary/aromatic N) is 1. The zero-order valence-corrected chi connectivity index (χ0v) is 10.9. The van der Waals surface area contributed by atoms with Crippen molar-refractivity contribution in [2.75, 3.05) is 5.32 Å². The number of carbonyl (C=O) groups is 1. The van der Waals surface area contributed by atoms with Gasteiger partial charge < -0.3 is 4.74 Å². The first kappa shape index (κ1) is 13.4. The Morgan fingerprint density at radius 2 is 2.00 bits per heavy atom. The molecule has 0 saturated carbocycles. The molecule has 1 N–H and O–H groups in total. The quantitative estimate of drug-likeness (QED) is 0.869. The first-order chi connectivity index (χ1) is 9.28. The number of pyridine rings is 1. The monoisotopic (exact) mass is 276 g/mol. The van der Waals surface area contributed by atoms with Crippen molar-refractivity contribution in [2.45, 2.75) is 12.5 Å². The minimum Gasteiger partial charge on any atom is -0.444 e. The highest BCUT2D eigenvalue weighted by atomic mass is 35.5. The summed E-state index contributed by atoms with van der Waals surface area (Å²) in [6.07, 6.45) is 1.05. The Balaban J connectivity index is 1.87. The summed E-state index contributed by atoms with van der Waals surface area (Å²) in [7, 11) is 0. The summed E-state index contributed by atoms with van der Waals surface area (Å²) in [5.41, 5.74) is 1.81. The summed E-state index contributed by atoms with van der Waals surface area (Å²) in [5.74, 6) is 0.798.